The van der Waals surface area contributed by atoms with Gasteiger partial charge in [0.15, 0.2) is 0 Å². The number of hydrogen-bond donors (Lipinski definition) is 0. The summed E-state index contributed by atoms with van der Waals surface area (Å²) in [6.07, 6.45) is 13.4. The predicted octanol–water partition coefficient (Wildman–Crippen LogP) is 9.27. The van der Waals surface area contributed by atoms with Crippen molar-refractivity contribution in [3.05, 3.63) is 20.9 Å². The molecular formula is C20H44N6OSn2. The zero-order valence-corrected chi connectivity index (χ0v) is 25.1. The maximum atomic E-state index is 9.42. The van der Waals surface area contributed by atoms with E-state index in [2.05, 4.69) is 44.2 Å². The summed E-state index contributed by atoms with van der Waals surface area (Å²) in [5.41, 5.74) is 18.8. The standard InChI is InChI=1S/4C5H11.2N3.O.2Sn/c4*1-3-5-4-2;2*1-3-2;;;/h4*1,3-5H2,2H3;;;;;/q;;;;2*-1;;2*+1. The molecule has 0 radical (unpaired) electrons. The molecule has 0 aromatic rings. The minimum absolute atomic E-state index is 0.942. The van der Waals surface area contributed by atoms with Gasteiger partial charge in [-0.15, -0.1) is 0 Å². The van der Waals surface area contributed by atoms with Crippen LogP contribution in [0.5, 0.6) is 0 Å². The summed E-state index contributed by atoms with van der Waals surface area (Å²) in [7, 11) is 0. The molecule has 168 valence electrons. The second kappa shape index (κ2) is 18.9. The molecule has 0 saturated heterocycles. The Hall–Kier alpha value is 0.177. The first-order valence-corrected chi connectivity index (χ1v) is 24.9. The molecule has 0 rings (SSSR count). The molecule has 0 aliphatic carbocycles. The molecule has 0 bridgehead atoms. The zero-order valence-electron chi connectivity index (χ0n) is 19.4. The van der Waals surface area contributed by atoms with Crippen molar-refractivity contribution in [3.8, 4) is 0 Å². The van der Waals surface area contributed by atoms with Crippen LogP contribution in [0, 0.1) is 0 Å². The molecule has 0 aromatic heterocycles. The Bertz CT molecular complexity index is 443. The minimum atomic E-state index is -3.55. The Morgan fingerprint density at radius 3 is 1.03 bits per heavy atom. The van der Waals surface area contributed by atoms with E-state index in [1.54, 1.807) is 0 Å². The fraction of sp³-hybridized carbons (Fsp3) is 1.00. The van der Waals surface area contributed by atoms with Crippen LogP contribution in [0.4, 0.5) is 0 Å². The number of nitrogens with zero attached hydrogens (tertiary/aromatic N) is 6. The van der Waals surface area contributed by atoms with Gasteiger partial charge in [-0.3, -0.25) is 0 Å². The molecule has 0 fully saturated rings. The van der Waals surface area contributed by atoms with E-state index in [1.165, 1.54) is 0 Å². The van der Waals surface area contributed by atoms with E-state index in [-0.39, 0.29) is 0 Å². The normalized spacial score (nSPS) is 11.7. The molecule has 0 spiro atoms. The molecule has 0 aromatic carbocycles. The molecule has 0 saturated carbocycles. The third kappa shape index (κ3) is 13.2. The second-order valence-electron chi connectivity index (χ2n) is 8.20. The Balaban J connectivity index is 5.82. The molecule has 0 unspecified atom stereocenters. The summed E-state index contributed by atoms with van der Waals surface area (Å²) in [5.74, 6) is 0. The first kappa shape index (κ1) is 29.2. The summed E-state index contributed by atoms with van der Waals surface area (Å²) in [5, 5.41) is 0. The van der Waals surface area contributed by atoms with Crippen molar-refractivity contribution in [2.75, 3.05) is 0 Å². The van der Waals surface area contributed by atoms with E-state index in [9.17, 15) is 11.1 Å². The first-order chi connectivity index (χ1) is 14.1. The molecule has 0 atom stereocenters. The molecule has 29 heavy (non-hydrogen) atoms. The average molecular weight is 622 g/mol. The van der Waals surface area contributed by atoms with Gasteiger partial charge in [0.1, 0.15) is 0 Å². The molecular weight excluding hydrogens is 578 g/mol. The third-order valence-corrected chi connectivity index (χ3v) is 37.8. The van der Waals surface area contributed by atoms with Crippen molar-refractivity contribution in [2.24, 2.45) is 6.67 Å². The summed E-state index contributed by atoms with van der Waals surface area (Å²) < 4.78 is 19.8. The Labute approximate surface area is 188 Å². The summed E-state index contributed by atoms with van der Waals surface area (Å²) >= 11 is -7.09. The van der Waals surface area contributed by atoms with E-state index >= 15 is 0 Å². The first-order valence-electron chi connectivity index (χ1n) is 11.9. The van der Waals surface area contributed by atoms with Crippen LogP contribution < -0.4 is 0 Å². The molecule has 0 heterocycles. The van der Waals surface area contributed by atoms with Gasteiger partial charge in [0, 0.05) is 0 Å². The van der Waals surface area contributed by atoms with Gasteiger partial charge in [-0.25, -0.2) is 0 Å². The van der Waals surface area contributed by atoms with Crippen LogP contribution >= 0.6 is 0 Å². The fourth-order valence-electron chi connectivity index (χ4n) is 3.82. The van der Waals surface area contributed by atoms with Crippen molar-refractivity contribution in [3.63, 3.8) is 0 Å². The van der Waals surface area contributed by atoms with Gasteiger partial charge in [0.25, 0.3) is 0 Å². The molecule has 9 heteroatoms. The molecule has 7 nitrogen and oxygen atoms in total. The van der Waals surface area contributed by atoms with Gasteiger partial charge < -0.3 is 0 Å². The van der Waals surface area contributed by atoms with Crippen LogP contribution in [0.25, 0.3) is 20.9 Å². The molecule has 0 N–H and O–H groups in total. The van der Waals surface area contributed by atoms with Crippen LogP contribution in [0.15, 0.2) is 6.67 Å². The number of rotatable bonds is 20. The van der Waals surface area contributed by atoms with E-state index < -0.39 is 38.1 Å². The number of unbranched alkanes of at least 4 members (excludes halogenated alkanes) is 8. The van der Waals surface area contributed by atoms with Crippen molar-refractivity contribution < 1.29 is 1.41 Å². The van der Waals surface area contributed by atoms with Gasteiger partial charge in [-0.2, -0.15) is 0 Å². The molecule has 0 amide bonds. The quantitative estimate of drug-likeness (QED) is 0.0436. The van der Waals surface area contributed by atoms with Gasteiger partial charge >= 0.3 is 190 Å². The molecule has 0 aliphatic rings. The second-order valence-corrected chi connectivity index (χ2v) is 30.3. The van der Waals surface area contributed by atoms with Gasteiger partial charge in [0.2, 0.25) is 0 Å². The number of azide groups is 2. The zero-order chi connectivity index (χ0) is 21.8. The van der Waals surface area contributed by atoms with Crippen molar-refractivity contribution in [2.45, 2.75) is 122 Å². The van der Waals surface area contributed by atoms with E-state index in [4.69, 9.17) is 1.41 Å². The van der Waals surface area contributed by atoms with E-state index in [1.807, 2.05) is 0 Å². The maximum absolute atomic E-state index is 9.42. The van der Waals surface area contributed by atoms with E-state index in [0.717, 1.165) is 94.8 Å². The summed E-state index contributed by atoms with van der Waals surface area (Å²) in [6.45, 7) is 8.78. The topological polar surface area (TPSA) is 107 Å². The Kier molecular flexibility index (Phi) is 19.0. The van der Waals surface area contributed by atoms with Gasteiger partial charge in [0.05, 0.1) is 0 Å². The van der Waals surface area contributed by atoms with Crippen molar-refractivity contribution in [1.29, 1.82) is 0 Å². The Morgan fingerprint density at radius 2 is 0.828 bits per heavy atom. The fourth-order valence-corrected chi connectivity index (χ4v) is 42.8. The Morgan fingerprint density at radius 1 is 0.552 bits per heavy atom. The summed E-state index contributed by atoms with van der Waals surface area (Å²) in [6, 6.07) is 0. The SMILES string of the molecule is CCCC[CH2][Sn]([CH2]CCCC)([N]=[N+]=[N-])[O][Sn]([CH2]CCCC)([CH2]CCCC)[N]=[N+]=[N-]. The van der Waals surface area contributed by atoms with Crippen LogP contribution in [-0.2, 0) is 1.41 Å². The summed E-state index contributed by atoms with van der Waals surface area (Å²) in [4.78, 5) is 6.59. The van der Waals surface area contributed by atoms with Crippen LogP contribution in [0.2, 0.25) is 17.7 Å². The van der Waals surface area contributed by atoms with Gasteiger partial charge in [-0.1, -0.05) is 0 Å². The van der Waals surface area contributed by atoms with E-state index in [0.29, 0.717) is 0 Å². The average Bonchev–Trinajstić information content (AvgIpc) is 2.69. The van der Waals surface area contributed by atoms with Crippen LogP contribution in [-0.4, -0.2) is 38.1 Å². The third-order valence-electron chi connectivity index (χ3n) is 5.52. The number of hydrogen-bond acceptors (Lipinski definition) is 3. The van der Waals surface area contributed by atoms with Gasteiger partial charge in [-0.05, 0) is 0 Å². The molecule has 0 aliphatic heterocycles. The predicted molar refractivity (Wildman–Crippen MR) is 128 cm³/mol. The van der Waals surface area contributed by atoms with Crippen molar-refractivity contribution in [1.82, 2.24) is 0 Å². The van der Waals surface area contributed by atoms with Crippen LogP contribution in [0.3, 0.4) is 0 Å². The monoisotopic (exact) mass is 624 g/mol. The van der Waals surface area contributed by atoms with Crippen molar-refractivity contribution >= 4 is 38.1 Å². The van der Waals surface area contributed by atoms with Crippen LogP contribution in [0.1, 0.15) is 105 Å².